The van der Waals surface area contributed by atoms with Gasteiger partial charge in [-0.25, -0.2) is 0 Å². The molecule has 11 nitrogen and oxygen atoms in total. The highest BCUT2D eigenvalue weighted by Crippen LogP contribution is 2.24. The quantitative estimate of drug-likeness (QED) is 0.0215. The van der Waals surface area contributed by atoms with E-state index in [9.17, 15) is 40.5 Å². The molecule has 1 saturated heterocycles. The van der Waals surface area contributed by atoms with Crippen molar-refractivity contribution in [2.24, 2.45) is 0 Å². The highest BCUT2D eigenvalue weighted by atomic mass is 16.7. The number of aliphatic hydroxyl groups is 7. The Morgan fingerprint density at radius 1 is 0.400 bits per heavy atom. The predicted octanol–water partition coefficient (Wildman–Crippen LogP) is 18.6. The molecule has 9 atom stereocenters. The Labute approximate surface area is 525 Å². The molecule has 1 fully saturated rings. The number of unbranched alkanes of at least 4 members (excludes halogenated alkanes) is 53. The Balaban J connectivity index is 2.17. The van der Waals surface area contributed by atoms with E-state index in [1.165, 1.54) is 315 Å². The van der Waals surface area contributed by atoms with Crippen molar-refractivity contribution in [2.45, 2.75) is 441 Å². The number of nitrogens with one attached hydrogen (secondary N) is 1. The van der Waals surface area contributed by atoms with Gasteiger partial charge in [0.05, 0.1) is 25.4 Å². The van der Waals surface area contributed by atoms with Crippen molar-refractivity contribution < 1.29 is 50.0 Å². The minimum Gasteiger partial charge on any atom is -0.394 e. The van der Waals surface area contributed by atoms with Crippen LogP contribution < -0.4 is 5.32 Å². The summed E-state index contributed by atoms with van der Waals surface area (Å²) in [6, 6.07) is -1.18. The predicted molar refractivity (Wildman–Crippen MR) is 358 cm³/mol. The van der Waals surface area contributed by atoms with Crippen molar-refractivity contribution in [3.63, 3.8) is 0 Å². The molecule has 0 spiro atoms. The summed E-state index contributed by atoms with van der Waals surface area (Å²) in [7, 11) is 0. The number of hydrogen-bond acceptors (Lipinski definition) is 10. The third kappa shape index (κ3) is 50.2. The molecule has 0 saturated carbocycles. The van der Waals surface area contributed by atoms with Gasteiger partial charge in [0.25, 0.3) is 0 Å². The second kappa shape index (κ2) is 63.0. The van der Waals surface area contributed by atoms with Crippen LogP contribution in [0.15, 0.2) is 12.2 Å². The van der Waals surface area contributed by atoms with Crippen LogP contribution in [0.5, 0.6) is 0 Å². The first kappa shape index (κ1) is 81.9. The Bertz CT molecular complexity index is 1390. The fraction of sp³-hybridized carbons (Fsp3) is 0.959. The molecule has 1 amide bonds. The summed E-state index contributed by atoms with van der Waals surface area (Å²) in [6.07, 6.45) is 67.5. The molecule has 85 heavy (non-hydrogen) atoms. The summed E-state index contributed by atoms with van der Waals surface area (Å²) in [5, 5.41) is 76.6. The number of hydrogen-bond donors (Lipinski definition) is 8. The van der Waals surface area contributed by atoms with Crippen LogP contribution in [0.25, 0.3) is 0 Å². The number of ether oxygens (including phenoxy) is 2. The number of amides is 1. The largest absolute Gasteiger partial charge is 0.394 e. The van der Waals surface area contributed by atoms with Crippen molar-refractivity contribution in [1.82, 2.24) is 5.32 Å². The van der Waals surface area contributed by atoms with Gasteiger partial charge < -0.3 is 50.5 Å². The topological polar surface area (TPSA) is 189 Å². The fourth-order valence-corrected chi connectivity index (χ4v) is 12.6. The van der Waals surface area contributed by atoms with E-state index in [0.717, 1.165) is 32.1 Å². The highest BCUT2D eigenvalue weighted by Gasteiger charge is 2.44. The normalized spacial score (nSPS) is 18.8. The zero-order valence-electron chi connectivity index (χ0n) is 56.1. The maximum absolute atomic E-state index is 13.3. The van der Waals surface area contributed by atoms with Crippen molar-refractivity contribution in [3.05, 3.63) is 12.2 Å². The SMILES string of the molecule is CCCCCCCCCCCCCCCCCCCCCCCC/C=C/CCCC(O)C(O)C(COC1OC(CO)C(O)C(O)C1O)NC(=O)C(O)CCCCCCCCCCCCCCCCCCCCCCCCCCCCCCCCC. The minimum atomic E-state index is -1.67. The third-order valence-corrected chi connectivity index (χ3v) is 18.6. The molecule has 0 radical (unpaired) electrons. The lowest BCUT2D eigenvalue weighted by atomic mass is 9.98. The summed E-state index contributed by atoms with van der Waals surface area (Å²) in [4.78, 5) is 13.3. The number of aliphatic hydroxyl groups excluding tert-OH is 7. The molecule has 506 valence electrons. The van der Waals surface area contributed by atoms with E-state index in [2.05, 4.69) is 31.3 Å². The van der Waals surface area contributed by atoms with Crippen LogP contribution >= 0.6 is 0 Å². The van der Waals surface area contributed by atoms with Gasteiger partial charge in [-0.3, -0.25) is 4.79 Å². The van der Waals surface area contributed by atoms with Crippen LogP contribution in [0.1, 0.15) is 386 Å². The van der Waals surface area contributed by atoms with Crippen molar-refractivity contribution in [3.8, 4) is 0 Å². The molecule has 9 unspecified atom stereocenters. The molecule has 1 heterocycles. The lowest BCUT2D eigenvalue weighted by Gasteiger charge is -2.40. The van der Waals surface area contributed by atoms with Crippen molar-refractivity contribution >= 4 is 5.91 Å². The van der Waals surface area contributed by atoms with Gasteiger partial charge >= 0.3 is 0 Å². The highest BCUT2D eigenvalue weighted by molar-refractivity contribution is 5.80. The van der Waals surface area contributed by atoms with Crippen LogP contribution in [0.2, 0.25) is 0 Å². The van der Waals surface area contributed by atoms with Crippen LogP contribution in [0, 0.1) is 0 Å². The molecule has 1 rings (SSSR count). The molecule has 0 aliphatic carbocycles. The van der Waals surface area contributed by atoms with Crippen molar-refractivity contribution in [2.75, 3.05) is 13.2 Å². The van der Waals surface area contributed by atoms with Gasteiger partial charge in [-0.1, -0.05) is 360 Å². The van der Waals surface area contributed by atoms with E-state index in [1.54, 1.807) is 0 Å². The average Bonchev–Trinajstić information content (AvgIpc) is 3.71. The van der Waals surface area contributed by atoms with Crippen molar-refractivity contribution in [1.29, 1.82) is 0 Å². The van der Waals surface area contributed by atoms with E-state index >= 15 is 0 Å². The summed E-state index contributed by atoms with van der Waals surface area (Å²) < 4.78 is 11.2. The third-order valence-electron chi connectivity index (χ3n) is 18.6. The molecule has 1 aliphatic heterocycles. The molecule has 1 aliphatic rings. The first-order chi connectivity index (χ1) is 41.7. The second-order valence-corrected chi connectivity index (χ2v) is 26.7. The summed E-state index contributed by atoms with van der Waals surface area (Å²) in [6.45, 7) is 3.52. The van der Waals surface area contributed by atoms with Crippen LogP contribution in [-0.2, 0) is 14.3 Å². The Kier molecular flexibility index (Phi) is 60.7. The van der Waals surface area contributed by atoms with Gasteiger partial charge in [-0.2, -0.15) is 0 Å². The van der Waals surface area contributed by atoms with E-state index < -0.39 is 74.2 Å². The fourth-order valence-electron chi connectivity index (χ4n) is 12.6. The van der Waals surface area contributed by atoms with Gasteiger partial charge in [-0.05, 0) is 38.5 Å². The molecular weight excluding hydrogens is 1060 g/mol. The Hall–Kier alpha value is -1.15. The van der Waals surface area contributed by atoms with Crippen LogP contribution in [-0.4, -0.2) is 110 Å². The van der Waals surface area contributed by atoms with Gasteiger partial charge in [0.1, 0.15) is 36.6 Å². The van der Waals surface area contributed by atoms with Gasteiger partial charge in [0.2, 0.25) is 5.91 Å². The molecule has 11 heteroatoms. The maximum atomic E-state index is 13.3. The van der Waals surface area contributed by atoms with Gasteiger partial charge in [0, 0.05) is 0 Å². The first-order valence-electron chi connectivity index (χ1n) is 37.6. The van der Waals surface area contributed by atoms with E-state index in [4.69, 9.17) is 9.47 Å². The van der Waals surface area contributed by atoms with Crippen LogP contribution in [0.4, 0.5) is 0 Å². The Morgan fingerprint density at radius 3 is 1.01 bits per heavy atom. The van der Waals surface area contributed by atoms with E-state index in [-0.39, 0.29) is 12.8 Å². The summed E-state index contributed by atoms with van der Waals surface area (Å²) >= 11 is 0. The summed E-state index contributed by atoms with van der Waals surface area (Å²) in [5.41, 5.74) is 0. The van der Waals surface area contributed by atoms with Gasteiger partial charge in [0.15, 0.2) is 6.29 Å². The van der Waals surface area contributed by atoms with E-state index in [1.807, 2.05) is 0 Å². The van der Waals surface area contributed by atoms with Crippen LogP contribution in [0.3, 0.4) is 0 Å². The maximum Gasteiger partial charge on any atom is 0.249 e. The molecule has 0 aromatic rings. The monoisotopic (exact) mass is 1210 g/mol. The lowest BCUT2D eigenvalue weighted by Crippen LogP contribution is -2.60. The molecule has 0 aromatic heterocycles. The number of rotatable bonds is 67. The second-order valence-electron chi connectivity index (χ2n) is 26.7. The molecule has 0 bridgehead atoms. The lowest BCUT2D eigenvalue weighted by molar-refractivity contribution is -0.303. The first-order valence-corrected chi connectivity index (χ1v) is 37.6. The summed E-state index contributed by atoms with van der Waals surface area (Å²) in [5.74, 6) is -0.697. The number of allylic oxidation sites excluding steroid dienone is 2. The average molecular weight is 1210 g/mol. The smallest absolute Gasteiger partial charge is 0.249 e. The molecular formula is C74H145NO10. The van der Waals surface area contributed by atoms with Gasteiger partial charge in [-0.15, -0.1) is 0 Å². The van der Waals surface area contributed by atoms with E-state index in [0.29, 0.717) is 12.8 Å². The zero-order valence-corrected chi connectivity index (χ0v) is 56.1. The zero-order chi connectivity index (χ0) is 61.7. The Morgan fingerprint density at radius 2 is 0.694 bits per heavy atom. The number of carbonyl (C=O) groups excluding carboxylic acids is 1. The number of carbonyl (C=O) groups is 1. The molecule has 0 aromatic carbocycles. The minimum absolute atomic E-state index is 0.260. The molecule has 8 N–H and O–H groups in total. The standard InChI is InChI=1S/C74H145NO10/c1-3-5-7-9-11-13-15-17-19-21-23-25-27-29-31-32-33-34-36-38-40-42-44-46-48-50-52-54-56-58-60-62-67(78)73(83)75-65(64-84-74-72(82)71(81)70(80)68(63-76)85-74)69(79)66(77)61-59-57-55-53-51-49-47-45-43-41-39-37-35-30-28-26-24-22-20-18-16-14-12-10-8-6-4-2/h53,55,65-72,74,76-82H,3-52,54,56-64H2,1-2H3,(H,75,83)/b55-53+.